The molecular weight excluding hydrogens is 344 g/mol. The summed E-state index contributed by atoms with van der Waals surface area (Å²) >= 11 is 1.54. The largest absolute Gasteiger partial charge is 0.493 e. The summed E-state index contributed by atoms with van der Waals surface area (Å²) in [6.45, 7) is 0.200. The first-order valence-corrected chi connectivity index (χ1v) is 8.39. The molecule has 2 rings (SSSR count). The summed E-state index contributed by atoms with van der Waals surface area (Å²) in [5.41, 5.74) is 1.38. The Morgan fingerprint density at radius 1 is 1.08 bits per heavy atom. The van der Waals surface area contributed by atoms with Gasteiger partial charge in [0.05, 0.1) is 14.2 Å². The van der Waals surface area contributed by atoms with Crippen LogP contribution in [0.25, 0.3) is 0 Å². The predicted octanol–water partition coefficient (Wildman–Crippen LogP) is 2.21. The second-order valence-corrected chi connectivity index (χ2v) is 5.79. The summed E-state index contributed by atoms with van der Waals surface area (Å²) in [6, 6.07) is 6.75. The molecule has 25 heavy (non-hydrogen) atoms. The number of hydrogen-bond donors (Lipinski definition) is 2. The highest BCUT2D eigenvalue weighted by molar-refractivity contribution is 7.07. The van der Waals surface area contributed by atoms with E-state index in [9.17, 15) is 9.59 Å². The number of nitrogens with one attached hydrogen (secondary N) is 2. The Labute approximate surface area is 149 Å². The zero-order valence-electron chi connectivity index (χ0n) is 14.2. The molecule has 8 heteroatoms. The molecule has 0 spiro atoms. The van der Waals surface area contributed by atoms with Gasteiger partial charge in [0.25, 0.3) is 0 Å². The van der Waals surface area contributed by atoms with Crippen LogP contribution in [0, 0.1) is 0 Å². The molecule has 134 valence electrons. The monoisotopic (exact) mass is 364 g/mol. The van der Waals surface area contributed by atoms with Crippen molar-refractivity contribution in [1.82, 2.24) is 5.32 Å². The maximum absolute atomic E-state index is 12.0. The third-order valence-electron chi connectivity index (χ3n) is 3.50. The van der Waals surface area contributed by atoms with Crippen molar-refractivity contribution < 1.29 is 23.8 Å². The molecule has 1 heterocycles. The highest BCUT2D eigenvalue weighted by Crippen LogP contribution is 2.29. The molecule has 1 unspecified atom stereocenters. The quantitative estimate of drug-likeness (QED) is 0.736. The van der Waals surface area contributed by atoms with E-state index in [0.29, 0.717) is 17.2 Å². The number of hydrogen-bond acceptors (Lipinski definition) is 6. The van der Waals surface area contributed by atoms with Gasteiger partial charge in [-0.25, -0.2) is 0 Å². The Morgan fingerprint density at radius 2 is 1.84 bits per heavy atom. The number of methoxy groups -OCH3 is 3. The average Bonchev–Trinajstić information content (AvgIpc) is 3.16. The summed E-state index contributed by atoms with van der Waals surface area (Å²) in [7, 11) is 4.56. The number of thiophene rings is 1. The first kappa shape index (κ1) is 18.8. The van der Waals surface area contributed by atoms with Gasteiger partial charge in [0.1, 0.15) is 6.10 Å². The molecule has 0 fully saturated rings. The summed E-state index contributed by atoms with van der Waals surface area (Å²) in [5, 5.41) is 8.94. The minimum atomic E-state index is -0.771. The molecule has 0 saturated heterocycles. The fourth-order valence-electron chi connectivity index (χ4n) is 2.16. The van der Waals surface area contributed by atoms with Crippen LogP contribution in [0.1, 0.15) is 11.7 Å². The van der Waals surface area contributed by atoms with Crippen molar-refractivity contribution >= 4 is 28.8 Å². The van der Waals surface area contributed by atoms with Crippen LogP contribution < -0.4 is 20.1 Å². The zero-order valence-corrected chi connectivity index (χ0v) is 15.0. The van der Waals surface area contributed by atoms with Crippen molar-refractivity contribution in [3.8, 4) is 11.5 Å². The molecule has 1 atom stereocenters. The first-order chi connectivity index (χ1) is 12.1. The van der Waals surface area contributed by atoms with E-state index < -0.39 is 11.8 Å². The molecule has 2 N–H and O–H groups in total. The number of amides is 2. The van der Waals surface area contributed by atoms with Crippen molar-refractivity contribution in [2.75, 3.05) is 33.2 Å². The van der Waals surface area contributed by atoms with E-state index in [1.165, 1.54) is 25.6 Å². The van der Waals surface area contributed by atoms with E-state index in [2.05, 4.69) is 10.6 Å². The Bertz CT molecular complexity index is 718. The lowest BCUT2D eigenvalue weighted by Gasteiger charge is -2.15. The maximum atomic E-state index is 12.0. The van der Waals surface area contributed by atoms with Gasteiger partial charge in [-0.3, -0.25) is 9.59 Å². The van der Waals surface area contributed by atoms with Crippen molar-refractivity contribution in [3.63, 3.8) is 0 Å². The highest BCUT2D eigenvalue weighted by atomic mass is 32.1. The number of carbonyl (C=O) groups excluding carboxylic acids is 2. The second kappa shape index (κ2) is 9.05. The van der Waals surface area contributed by atoms with Gasteiger partial charge < -0.3 is 24.8 Å². The number of benzene rings is 1. The topological polar surface area (TPSA) is 85.9 Å². The normalized spacial score (nSPS) is 11.5. The fraction of sp³-hybridized carbons (Fsp3) is 0.294. The minimum absolute atomic E-state index is 0.200. The third-order valence-corrected chi connectivity index (χ3v) is 4.20. The van der Waals surface area contributed by atoms with Crippen molar-refractivity contribution in [1.29, 1.82) is 0 Å². The van der Waals surface area contributed by atoms with Crippen LogP contribution >= 0.6 is 11.3 Å². The molecule has 1 aromatic heterocycles. The molecule has 0 bridgehead atoms. The molecule has 0 aliphatic rings. The summed E-state index contributed by atoms with van der Waals surface area (Å²) < 4.78 is 15.6. The SMILES string of the molecule is COc1ccc(NC(=O)C(=O)NCC(OC)c2ccsc2)cc1OC. The molecule has 0 saturated carbocycles. The second-order valence-electron chi connectivity index (χ2n) is 5.01. The third kappa shape index (κ3) is 4.94. The summed E-state index contributed by atoms with van der Waals surface area (Å²) in [5.74, 6) is -0.527. The van der Waals surface area contributed by atoms with Crippen LogP contribution in [0.4, 0.5) is 5.69 Å². The lowest BCUT2D eigenvalue weighted by Crippen LogP contribution is -2.37. The molecule has 2 amide bonds. The van der Waals surface area contributed by atoms with Crippen LogP contribution in [0.15, 0.2) is 35.0 Å². The van der Waals surface area contributed by atoms with Crippen LogP contribution in [-0.2, 0) is 14.3 Å². The summed E-state index contributed by atoms with van der Waals surface area (Å²) in [4.78, 5) is 24.0. The standard InChI is InChI=1S/C17H20N2O5S/c1-22-13-5-4-12(8-14(13)23-2)19-17(21)16(20)18-9-15(24-3)11-6-7-25-10-11/h4-8,10,15H,9H2,1-3H3,(H,18,20)(H,19,21). The van der Waals surface area contributed by atoms with Gasteiger partial charge in [0, 0.05) is 25.4 Å². The maximum Gasteiger partial charge on any atom is 0.313 e. The molecule has 1 aromatic carbocycles. The van der Waals surface area contributed by atoms with Crippen molar-refractivity contribution in [2.24, 2.45) is 0 Å². The van der Waals surface area contributed by atoms with E-state index in [1.54, 1.807) is 25.3 Å². The lowest BCUT2D eigenvalue weighted by molar-refractivity contribution is -0.136. The van der Waals surface area contributed by atoms with E-state index in [4.69, 9.17) is 14.2 Å². The molecule has 0 radical (unpaired) electrons. The van der Waals surface area contributed by atoms with Gasteiger partial charge in [-0.05, 0) is 34.5 Å². The van der Waals surface area contributed by atoms with Gasteiger partial charge in [0.15, 0.2) is 11.5 Å². The van der Waals surface area contributed by atoms with Crippen LogP contribution in [0.3, 0.4) is 0 Å². The zero-order chi connectivity index (χ0) is 18.2. The number of ether oxygens (including phenoxy) is 3. The molecule has 2 aromatic rings. The van der Waals surface area contributed by atoms with E-state index >= 15 is 0 Å². The number of anilines is 1. The number of carbonyl (C=O) groups is 2. The molecule has 7 nitrogen and oxygen atoms in total. The van der Waals surface area contributed by atoms with Gasteiger partial charge >= 0.3 is 11.8 Å². The van der Waals surface area contributed by atoms with Crippen LogP contribution in [0.5, 0.6) is 11.5 Å². The van der Waals surface area contributed by atoms with Crippen LogP contribution in [-0.4, -0.2) is 39.7 Å². The summed E-state index contributed by atoms with van der Waals surface area (Å²) in [6.07, 6.45) is -0.302. The van der Waals surface area contributed by atoms with E-state index in [0.717, 1.165) is 5.56 Å². The van der Waals surface area contributed by atoms with E-state index in [-0.39, 0.29) is 12.6 Å². The predicted molar refractivity (Wildman–Crippen MR) is 95.3 cm³/mol. The average molecular weight is 364 g/mol. The molecule has 0 aliphatic heterocycles. The van der Waals surface area contributed by atoms with Crippen LogP contribution in [0.2, 0.25) is 0 Å². The van der Waals surface area contributed by atoms with Crippen molar-refractivity contribution in [2.45, 2.75) is 6.10 Å². The molecular formula is C17H20N2O5S. The van der Waals surface area contributed by atoms with E-state index in [1.807, 2.05) is 16.8 Å². The van der Waals surface area contributed by atoms with Gasteiger partial charge in [0.2, 0.25) is 0 Å². The Balaban J connectivity index is 1.93. The first-order valence-electron chi connectivity index (χ1n) is 7.45. The Kier molecular flexibility index (Phi) is 6.79. The highest BCUT2D eigenvalue weighted by Gasteiger charge is 2.18. The smallest absolute Gasteiger partial charge is 0.313 e. The van der Waals surface area contributed by atoms with Gasteiger partial charge in [-0.15, -0.1) is 0 Å². The Morgan fingerprint density at radius 3 is 2.44 bits per heavy atom. The van der Waals surface area contributed by atoms with Crippen molar-refractivity contribution in [3.05, 3.63) is 40.6 Å². The Hall–Kier alpha value is -2.58. The number of rotatable bonds is 7. The van der Waals surface area contributed by atoms with Gasteiger partial charge in [-0.1, -0.05) is 0 Å². The fourth-order valence-corrected chi connectivity index (χ4v) is 2.86. The van der Waals surface area contributed by atoms with Gasteiger partial charge in [-0.2, -0.15) is 11.3 Å². The lowest BCUT2D eigenvalue weighted by atomic mass is 10.2. The minimum Gasteiger partial charge on any atom is -0.493 e. The molecule has 0 aliphatic carbocycles.